The maximum Gasteiger partial charge on any atom is 0.226 e. The summed E-state index contributed by atoms with van der Waals surface area (Å²) in [6, 6.07) is 10.5. The van der Waals surface area contributed by atoms with Crippen molar-refractivity contribution in [3.05, 3.63) is 48.3 Å². The van der Waals surface area contributed by atoms with Gasteiger partial charge in [0, 0.05) is 31.5 Å². The highest BCUT2D eigenvalue weighted by Gasteiger charge is 2.21. The quantitative estimate of drug-likeness (QED) is 0.931. The Hall–Kier alpha value is -1.85. The van der Waals surface area contributed by atoms with Crippen LogP contribution >= 0.6 is 12.4 Å². The van der Waals surface area contributed by atoms with Crippen molar-refractivity contribution in [3.63, 3.8) is 0 Å². The highest BCUT2D eigenvalue weighted by molar-refractivity contribution is 5.85. The Morgan fingerprint density at radius 3 is 2.52 bits per heavy atom. The molecule has 0 spiro atoms. The first-order valence-electron chi connectivity index (χ1n) is 7.80. The lowest BCUT2D eigenvalue weighted by atomic mass is 10.0. The van der Waals surface area contributed by atoms with Gasteiger partial charge >= 0.3 is 0 Å². The summed E-state index contributed by atoms with van der Waals surface area (Å²) in [5.41, 5.74) is 2.06. The van der Waals surface area contributed by atoms with E-state index >= 15 is 0 Å². The lowest BCUT2D eigenvalue weighted by molar-refractivity contribution is -0.131. The predicted octanol–water partition coefficient (Wildman–Crippen LogP) is 2.05. The number of carbonyl (C=O) groups is 1. The van der Waals surface area contributed by atoms with Crippen LogP contribution in [0.15, 0.2) is 42.7 Å². The van der Waals surface area contributed by atoms with Crippen LogP contribution in [0.25, 0.3) is 5.69 Å². The molecule has 6 heteroatoms. The molecule has 23 heavy (non-hydrogen) atoms. The van der Waals surface area contributed by atoms with Gasteiger partial charge in [-0.15, -0.1) is 12.4 Å². The molecule has 0 saturated carbocycles. The van der Waals surface area contributed by atoms with Crippen molar-refractivity contribution in [3.8, 4) is 5.69 Å². The van der Waals surface area contributed by atoms with Crippen LogP contribution in [0.1, 0.15) is 18.4 Å². The molecule has 5 nitrogen and oxygen atoms in total. The monoisotopic (exact) mass is 334 g/mol. The highest BCUT2D eigenvalue weighted by Crippen LogP contribution is 2.13. The average molecular weight is 335 g/mol. The van der Waals surface area contributed by atoms with E-state index < -0.39 is 0 Å². The van der Waals surface area contributed by atoms with Gasteiger partial charge in [0.05, 0.1) is 12.1 Å². The number of aromatic nitrogens is 2. The number of nitrogens with one attached hydrogen (secondary N) is 1. The van der Waals surface area contributed by atoms with E-state index in [-0.39, 0.29) is 18.3 Å². The van der Waals surface area contributed by atoms with E-state index in [9.17, 15) is 4.79 Å². The molecular formula is C17H23ClN4O. The molecule has 1 aromatic carbocycles. The van der Waals surface area contributed by atoms with Crippen LogP contribution in [0.5, 0.6) is 0 Å². The van der Waals surface area contributed by atoms with Crippen molar-refractivity contribution < 1.29 is 4.79 Å². The summed E-state index contributed by atoms with van der Waals surface area (Å²) in [5, 5.41) is 7.49. The highest BCUT2D eigenvalue weighted by atomic mass is 35.5. The number of nitrogens with zero attached hydrogens (tertiary/aromatic N) is 3. The van der Waals surface area contributed by atoms with Gasteiger partial charge in [-0.3, -0.25) is 4.79 Å². The number of likely N-dealkylation sites (tertiary alicyclic amines) is 1. The molecule has 1 aromatic heterocycles. The zero-order chi connectivity index (χ0) is 15.4. The van der Waals surface area contributed by atoms with E-state index in [4.69, 9.17) is 0 Å². The number of rotatable bonds is 4. The van der Waals surface area contributed by atoms with Gasteiger partial charge in [0.15, 0.2) is 0 Å². The van der Waals surface area contributed by atoms with Crippen LogP contribution in [0.4, 0.5) is 0 Å². The normalized spacial score (nSPS) is 15.3. The summed E-state index contributed by atoms with van der Waals surface area (Å²) < 4.78 is 1.81. The van der Waals surface area contributed by atoms with Gasteiger partial charge in [0.2, 0.25) is 5.91 Å². The molecular weight excluding hydrogens is 312 g/mol. The lowest BCUT2D eigenvalue weighted by Crippen LogP contribution is -2.44. The van der Waals surface area contributed by atoms with Crippen molar-refractivity contribution in [1.29, 1.82) is 0 Å². The Kier molecular flexibility index (Phi) is 6.19. The van der Waals surface area contributed by atoms with Gasteiger partial charge in [-0.2, -0.15) is 5.10 Å². The van der Waals surface area contributed by atoms with E-state index in [1.165, 1.54) is 0 Å². The number of amides is 1. The maximum absolute atomic E-state index is 12.4. The van der Waals surface area contributed by atoms with Crippen molar-refractivity contribution in [2.45, 2.75) is 25.3 Å². The molecule has 1 amide bonds. The summed E-state index contributed by atoms with van der Waals surface area (Å²) in [7, 11) is 1.99. The van der Waals surface area contributed by atoms with Gasteiger partial charge in [0.25, 0.3) is 0 Å². The molecule has 2 heterocycles. The van der Waals surface area contributed by atoms with Crippen molar-refractivity contribution >= 4 is 18.3 Å². The van der Waals surface area contributed by atoms with Crippen molar-refractivity contribution in [1.82, 2.24) is 20.0 Å². The average Bonchev–Trinajstić information content (AvgIpc) is 3.10. The number of hydrogen-bond acceptors (Lipinski definition) is 3. The second kappa shape index (κ2) is 8.13. The summed E-state index contributed by atoms with van der Waals surface area (Å²) >= 11 is 0. The fourth-order valence-electron chi connectivity index (χ4n) is 2.89. The molecule has 1 aliphatic rings. The topological polar surface area (TPSA) is 50.2 Å². The summed E-state index contributed by atoms with van der Waals surface area (Å²) in [5.74, 6) is 0.224. The summed E-state index contributed by atoms with van der Waals surface area (Å²) in [6.45, 7) is 1.71. The van der Waals surface area contributed by atoms with Gasteiger partial charge in [-0.1, -0.05) is 12.1 Å². The molecule has 0 bridgehead atoms. The zero-order valence-corrected chi connectivity index (χ0v) is 14.1. The molecule has 0 radical (unpaired) electrons. The Labute approximate surface area is 143 Å². The van der Waals surface area contributed by atoms with E-state index in [0.29, 0.717) is 12.5 Å². The molecule has 0 unspecified atom stereocenters. The summed E-state index contributed by atoms with van der Waals surface area (Å²) in [6.07, 6.45) is 6.23. The van der Waals surface area contributed by atoms with Crippen LogP contribution in [-0.4, -0.2) is 46.8 Å². The Bertz CT molecular complexity index is 604. The Balaban J connectivity index is 0.00000192. The number of benzene rings is 1. The third-order valence-electron chi connectivity index (χ3n) is 4.32. The van der Waals surface area contributed by atoms with E-state index in [1.807, 2.05) is 53.2 Å². The van der Waals surface area contributed by atoms with Crippen molar-refractivity contribution in [2.24, 2.45) is 0 Å². The Morgan fingerprint density at radius 2 is 1.96 bits per heavy atom. The minimum atomic E-state index is 0. The first-order valence-corrected chi connectivity index (χ1v) is 7.80. The fraction of sp³-hybridized carbons (Fsp3) is 0.412. The first kappa shape index (κ1) is 17.5. The minimum Gasteiger partial charge on any atom is -0.342 e. The second-order valence-corrected chi connectivity index (χ2v) is 5.74. The molecule has 1 aliphatic heterocycles. The third kappa shape index (κ3) is 4.33. The standard InChI is InChI=1S/C17H22N4O.ClH/c1-18-15-7-11-20(12-8-15)17(22)13-14-3-5-16(6-4-14)21-10-2-9-19-21;/h2-6,9-10,15,18H,7-8,11-13H2,1H3;1H. The van der Waals surface area contributed by atoms with E-state index in [0.717, 1.165) is 37.2 Å². The minimum absolute atomic E-state index is 0. The zero-order valence-electron chi connectivity index (χ0n) is 13.3. The second-order valence-electron chi connectivity index (χ2n) is 5.74. The summed E-state index contributed by atoms with van der Waals surface area (Å²) in [4.78, 5) is 14.3. The van der Waals surface area contributed by atoms with Gasteiger partial charge < -0.3 is 10.2 Å². The number of carbonyl (C=O) groups excluding carboxylic acids is 1. The molecule has 2 aromatic rings. The van der Waals surface area contributed by atoms with Gasteiger partial charge in [0.1, 0.15) is 0 Å². The molecule has 124 valence electrons. The maximum atomic E-state index is 12.4. The smallest absolute Gasteiger partial charge is 0.226 e. The van der Waals surface area contributed by atoms with Crippen molar-refractivity contribution in [2.75, 3.05) is 20.1 Å². The van der Waals surface area contributed by atoms with Gasteiger partial charge in [-0.05, 0) is 43.7 Å². The number of piperidine rings is 1. The van der Waals surface area contributed by atoms with Crippen LogP contribution in [0.3, 0.4) is 0 Å². The molecule has 0 aliphatic carbocycles. The van der Waals surface area contributed by atoms with Crippen LogP contribution in [0, 0.1) is 0 Å². The fourth-order valence-corrected chi connectivity index (χ4v) is 2.89. The molecule has 1 saturated heterocycles. The Morgan fingerprint density at radius 1 is 1.26 bits per heavy atom. The lowest BCUT2D eigenvalue weighted by Gasteiger charge is -2.31. The molecule has 1 fully saturated rings. The number of halogens is 1. The molecule has 3 rings (SSSR count). The molecule has 1 N–H and O–H groups in total. The largest absolute Gasteiger partial charge is 0.342 e. The van der Waals surface area contributed by atoms with E-state index in [1.54, 1.807) is 6.20 Å². The predicted molar refractivity (Wildman–Crippen MR) is 93.2 cm³/mol. The number of hydrogen-bond donors (Lipinski definition) is 1. The first-order chi connectivity index (χ1) is 10.8. The van der Waals surface area contributed by atoms with Gasteiger partial charge in [-0.25, -0.2) is 4.68 Å². The third-order valence-corrected chi connectivity index (χ3v) is 4.32. The van der Waals surface area contributed by atoms with Crippen LogP contribution < -0.4 is 5.32 Å². The SMILES string of the molecule is CNC1CCN(C(=O)Cc2ccc(-n3cccn3)cc2)CC1.Cl. The van der Waals surface area contributed by atoms with Crippen LogP contribution in [-0.2, 0) is 11.2 Å². The van der Waals surface area contributed by atoms with Crippen LogP contribution in [0.2, 0.25) is 0 Å². The van der Waals surface area contributed by atoms with E-state index in [2.05, 4.69) is 10.4 Å². The molecule has 0 atom stereocenters.